The Bertz CT molecular complexity index is 137. The van der Waals surface area contributed by atoms with Gasteiger partial charge in [-0.2, -0.15) is 0 Å². The summed E-state index contributed by atoms with van der Waals surface area (Å²) in [5, 5.41) is 0. The van der Waals surface area contributed by atoms with E-state index in [0.29, 0.717) is 0 Å². The second-order valence-electron chi connectivity index (χ2n) is 2.26. The molecule has 0 spiro atoms. The predicted octanol–water partition coefficient (Wildman–Crippen LogP) is 0.650. The first-order chi connectivity index (χ1) is 4.48. The van der Waals surface area contributed by atoms with E-state index < -0.39 is 7.82 Å². The van der Waals surface area contributed by atoms with Crippen molar-refractivity contribution in [2.75, 3.05) is 6.61 Å². The van der Waals surface area contributed by atoms with Crippen LogP contribution in [-0.2, 0) is 13.7 Å². The Morgan fingerprint density at radius 3 is 2.50 bits per heavy atom. The normalized spacial score (nSPS) is 17.3. The average molecular weight is 169 g/mol. The SMILES string of the molecule is CC(C)COP(=O)(O)ON. The molecule has 0 aromatic rings. The van der Waals surface area contributed by atoms with E-state index >= 15 is 0 Å². The average Bonchev–Trinajstić information content (AvgIpc) is 1.85. The Morgan fingerprint density at radius 2 is 2.20 bits per heavy atom. The molecular weight excluding hydrogens is 157 g/mol. The summed E-state index contributed by atoms with van der Waals surface area (Å²) < 4.78 is 18.6. The smallest absolute Gasteiger partial charge is 0.302 e. The molecule has 0 saturated carbocycles. The first-order valence-corrected chi connectivity index (χ1v) is 4.33. The highest BCUT2D eigenvalue weighted by molar-refractivity contribution is 7.47. The topological polar surface area (TPSA) is 81.8 Å². The summed E-state index contributed by atoms with van der Waals surface area (Å²) in [5.74, 6) is 4.63. The molecule has 0 heterocycles. The van der Waals surface area contributed by atoms with Crippen molar-refractivity contribution in [1.29, 1.82) is 0 Å². The molecule has 0 aliphatic rings. The molecule has 0 saturated heterocycles. The van der Waals surface area contributed by atoms with Crippen LogP contribution in [0.15, 0.2) is 0 Å². The van der Waals surface area contributed by atoms with Gasteiger partial charge in [0.2, 0.25) is 0 Å². The van der Waals surface area contributed by atoms with Crippen molar-refractivity contribution in [2.24, 2.45) is 11.8 Å². The maximum atomic E-state index is 10.5. The van der Waals surface area contributed by atoms with Gasteiger partial charge in [0, 0.05) is 0 Å². The van der Waals surface area contributed by atoms with E-state index in [2.05, 4.69) is 15.0 Å². The molecule has 0 fully saturated rings. The van der Waals surface area contributed by atoms with Crippen molar-refractivity contribution >= 4 is 7.82 Å². The molecule has 0 radical (unpaired) electrons. The Hall–Kier alpha value is 0.0700. The van der Waals surface area contributed by atoms with Crippen molar-refractivity contribution in [3.05, 3.63) is 0 Å². The van der Waals surface area contributed by atoms with Gasteiger partial charge >= 0.3 is 7.82 Å². The Kier molecular flexibility index (Phi) is 4.08. The highest BCUT2D eigenvalue weighted by atomic mass is 31.2. The van der Waals surface area contributed by atoms with E-state index in [1.165, 1.54) is 0 Å². The van der Waals surface area contributed by atoms with Crippen LogP contribution in [0.2, 0.25) is 0 Å². The van der Waals surface area contributed by atoms with Gasteiger partial charge in [-0.3, -0.25) is 4.52 Å². The predicted molar refractivity (Wildman–Crippen MR) is 35.9 cm³/mol. The Balaban J connectivity index is 3.58. The number of rotatable bonds is 4. The van der Waals surface area contributed by atoms with Crippen molar-refractivity contribution in [3.8, 4) is 0 Å². The maximum absolute atomic E-state index is 10.5. The zero-order valence-electron chi connectivity index (χ0n) is 5.98. The van der Waals surface area contributed by atoms with Crippen LogP contribution in [0, 0.1) is 5.92 Å². The number of hydrogen-bond acceptors (Lipinski definition) is 4. The molecule has 0 aromatic heterocycles. The van der Waals surface area contributed by atoms with Gasteiger partial charge in [0.1, 0.15) is 0 Å². The van der Waals surface area contributed by atoms with Gasteiger partial charge in [-0.25, -0.2) is 15.1 Å². The molecular formula is C4H12NO4P. The molecule has 0 aliphatic carbocycles. The van der Waals surface area contributed by atoms with Crippen LogP contribution >= 0.6 is 7.82 Å². The van der Waals surface area contributed by atoms with Crippen molar-refractivity contribution in [3.63, 3.8) is 0 Å². The third kappa shape index (κ3) is 4.90. The molecule has 0 rings (SSSR count). The van der Waals surface area contributed by atoms with Crippen LogP contribution in [0.1, 0.15) is 13.8 Å². The van der Waals surface area contributed by atoms with E-state index in [1.54, 1.807) is 0 Å². The zero-order chi connectivity index (χ0) is 8.20. The lowest BCUT2D eigenvalue weighted by molar-refractivity contribution is 0.138. The molecule has 5 nitrogen and oxygen atoms in total. The molecule has 0 aromatic carbocycles. The second kappa shape index (κ2) is 4.05. The van der Waals surface area contributed by atoms with Crippen LogP contribution < -0.4 is 5.90 Å². The first-order valence-electron chi connectivity index (χ1n) is 2.84. The summed E-state index contributed by atoms with van der Waals surface area (Å²) in [7, 11) is -3.95. The highest BCUT2D eigenvalue weighted by Gasteiger charge is 2.19. The third-order valence-corrected chi connectivity index (χ3v) is 1.45. The maximum Gasteiger partial charge on any atom is 0.488 e. The van der Waals surface area contributed by atoms with Crippen LogP contribution in [0.3, 0.4) is 0 Å². The van der Waals surface area contributed by atoms with E-state index in [4.69, 9.17) is 4.89 Å². The van der Waals surface area contributed by atoms with E-state index in [-0.39, 0.29) is 12.5 Å². The fraction of sp³-hybridized carbons (Fsp3) is 1.00. The van der Waals surface area contributed by atoms with Gasteiger partial charge in [0.25, 0.3) is 0 Å². The van der Waals surface area contributed by atoms with Gasteiger partial charge in [-0.1, -0.05) is 13.8 Å². The van der Waals surface area contributed by atoms with E-state index in [1.807, 2.05) is 13.8 Å². The lowest BCUT2D eigenvalue weighted by atomic mass is 10.2. The van der Waals surface area contributed by atoms with Crippen LogP contribution in [0.25, 0.3) is 0 Å². The number of phosphoric ester groups is 1. The number of phosphoric acid groups is 1. The standard InChI is InChI=1S/C4H12NO4P/c1-4(2)3-8-10(6,7)9-5/h4H,3,5H2,1-2H3,(H,6,7). The van der Waals surface area contributed by atoms with Gasteiger partial charge in [-0.15, -0.1) is 0 Å². The summed E-state index contributed by atoms with van der Waals surface area (Å²) in [6.07, 6.45) is 0. The molecule has 10 heavy (non-hydrogen) atoms. The molecule has 1 unspecified atom stereocenters. The summed E-state index contributed by atoms with van der Waals surface area (Å²) >= 11 is 0. The van der Waals surface area contributed by atoms with Crippen molar-refractivity contribution < 1.29 is 18.6 Å². The van der Waals surface area contributed by atoms with Crippen LogP contribution in [0.5, 0.6) is 0 Å². The molecule has 6 heteroatoms. The second-order valence-corrected chi connectivity index (χ2v) is 3.67. The fourth-order valence-electron chi connectivity index (χ4n) is 0.274. The quantitative estimate of drug-likeness (QED) is 0.477. The van der Waals surface area contributed by atoms with Gasteiger partial charge in [0.05, 0.1) is 6.61 Å². The van der Waals surface area contributed by atoms with Crippen molar-refractivity contribution in [2.45, 2.75) is 13.8 Å². The van der Waals surface area contributed by atoms with Gasteiger partial charge < -0.3 is 4.89 Å². The highest BCUT2D eigenvalue weighted by Crippen LogP contribution is 2.40. The number of hydrogen-bond donors (Lipinski definition) is 2. The molecule has 0 bridgehead atoms. The van der Waals surface area contributed by atoms with Crippen LogP contribution in [0.4, 0.5) is 0 Å². The minimum Gasteiger partial charge on any atom is -0.302 e. The number of nitrogens with two attached hydrogens (primary N) is 1. The van der Waals surface area contributed by atoms with E-state index in [0.717, 1.165) is 0 Å². The summed E-state index contributed by atoms with van der Waals surface area (Å²) in [4.78, 5) is 8.56. The lowest BCUT2D eigenvalue weighted by Gasteiger charge is -2.09. The molecule has 0 aliphatic heterocycles. The zero-order valence-corrected chi connectivity index (χ0v) is 6.88. The Labute approximate surface area is 59.7 Å². The van der Waals surface area contributed by atoms with Gasteiger partial charge in [0.15, 0.2) is 0 Å². The van der Waals surface area contributed by atoms with E-state index in [9.17, 15) is 4.57 Å². The minimum atomic E-state index is -3.95. The Morgan fingerprint density at radius 1 is 1.70 bits per heavy atom. The minimum absolute atomic E-state index is 0.158. The summed E-state index contributed by atoms with van der Waals surface area (Å²) in [6, 6.07) is 0. The fourth-order valence-corrected chi connectivity index (χ4v) is 0.821. The first kappa shape index (κ1) is 10.1. The van der Waals surface area contributed by atoms with Crippen molar-refractivity contribution in [1.82, 2.24) is 0 Å². The molecule has 3 N–H and O–H groups in total. The molecule has 62 valence electrons. The third-order valence-electron chi connectivity index (χ3n) is 0.704. The monoisotopic (exact) mass is 169 g/mol. The molecule has 1 atom stereocenters. The summed E-state index contributed by atoms with van der Waals surface area (Å²) in [6.45, 7) is 3.85. The largest absolute Gasteiger partial charge is 0.488 e. The molecule has 0 amide bonds. The van der Waals surface area contributed by atoms with Crippen LogP contribution in [-0.4, -0.2) is 11.5 Å². The summed E-state index contributed by atoms with van der Waals surface area (Å²) in [5.41, 5.74) is 0. The van der Waals surface area contributed by atoms with Gasteiger partial charge in [-0.05, 0) is 5.92 Å². The lowest BCUT2D eigenvalue weighted by Crippen LogP contribution is -2.04.